The number of ether oxygens (including phenoxy) is 3. The highest BCUT2D eigenvalue weighted by atomic mass is 16.7. The van der Waals surface area contributed by atoms with Gasteiger partial charge in [0.15, 0.2) is 0 Å². The van der Waals surface area contributed by atoms with Gasteiger partial charge in [0.25, 0.3) is 0 Å². The van der Waals surface area contributed by atoms with Crippen LogP contribution in [0.25, 0.3) is 0 Å². The van der Waals surface area contributed by atoms with Crippen LogP contribution in [0.1, 0.15) is 113 Å². The zero-order valence-electron chi connectivity index (χ0n) is 22.7. The van der Waals surface area contributed by atoms with E-state index in [-0.39, 0.29) is 34.3 Å². The maximum absolute atomic E-state index is 11.7. The first-order valence-electron chi connectivity index (χ1n) is 14.5. The summed E-state index contributed by atoms with van der Waals surface area (Å²) < 4.78 is 20.1. The molecule has 0 N–H and O–H groups in total. The lowest BCUT2D eigenvalue weighted by Gasteiger charge is -2.56. The Morgan fingerprint density at radius 2 is 1.76 bits per heavy atom. The molecular weight excluding hydrogens is 424 g/mol. The van der Waals surface area contributed by atoms with E-state index in [1.165, 1.54) is 32.1 Å². The number of carbonyl (C=O) groups excluding carboxylic acids is 1. The molecular formula is C30H48O4. The second-order valence-electron chi connectivity index (χ2n) is 14.4. The Kier molecular flexibility index (Phi) is 5.06. The molecule has 11 atom stereocenters. The van der Waals surface area contributed by atoms with Gasteiger partial charge >= 0.3 is 5.97 Å². The van der Waals surface area contributed by atoms with Gasteiger partial charge in [0.05, 0.1) is 11.7 Å². The quantitative estimate of drug-likeness (QED) is 0.319. The summed E-state index contributed by atoms with van der Waals surface area (Å²) in [5, 5.41) is 0. The Labute approximate surface area is 207 Å². The minimum atomic E-state index is -0.179. The van der Waals surface area contributed by atoms with Gasteiger partial charge in [-0.1, -0.05) is 54.4 Å². The minimum absolute atomic E-state index is 0.000146. The van der Waals surface area contributed by atoms with Gasteiger partial charge < -0.3 is 14.2 Å². The van der Waals surface area contributed by atoms with Crippen LogP contribution in [0.2, 0.25) is 0 Å². The molecule has 6 rings (SSSR count). The van der Waals surface area contributed by atoms with Crippen LogP contribution in [0.15, 0.2) is 0 Å². The van der Waals surface area contributed by atoms with Crippen molar-refractivity contribution in [2.45, 2.75) is 142 Å². The van der Waals surface area contributed by atoms with E-state index in [1.54, 1.807) is 6.92 Å². The number of rotatable bonds is 6. The fraction of sp³-hybridized carbons (Fsp3) is 0.967. The molecule has 192 valence electrons. The van der Waals surface area contributed by atoms with Crippen molar-refractivity contribution in [1.29, 1.82) is 0 Å². The van der Waals surface area contributed by atoms with E-state index in [1.807, 2.05) is 0 Å². The summed E-state index contributed by atoms with van der Waals surface area (Å²) in [4.78, 5) is 11.7. The van der Waals surface area contributed by atoms with E-state index in [9.17, 15) is 4.79 Å². The Morgan fingerprint density at radius 3 is 2.47 bits per heavy atom. The highest BCUT2D eigenvalue weighted by Gasteiger charge is 2.94. The van der Waals surface area contributed by atoms with E-state index >= 15 is 0 Å². The van der Waals surface area contributed by atoms with Crippen LogP contribution >= 0.6 is 0 Å². The van der Waals surface area contributed by atoms with Gasteiger partial charge in [-0.25, -0.2) is 0 Å². The second kappa shape index (κ2) is 7.24. The molecule has 3 aliphatic carbocycles. The molecule has 6 fully saturated rings. The molecule has 3 heterocycles. The van der Waals surface area contributed by atoms with E-state index in [4.69, 9.17) is 14.2 Å². The average Bonchev–Trinajstić information content (AvgIpc) is 3.12. The lowest BCUT2D eigenvalue weighted by molar-refractivity contribution is -0.168. The second-order valence-corrected chi connectivity index (χ2v) is 14.4. The van der Waals surface area contributed by atoms with Crippen molar-refractivity contribution >= 4 is 5.97 Å². The number of carbonyl (C=O) groups is 1. The normalized spacial score (nSPS) is 54.1. The molecule has 4 nitrogen and oxygen atoms in total. The molecule has 0 unspecified atom stereocenters. The summed E-state index contributed by atoms with van der Waals surface area (Å²) in [5.41, 5.74) is -0.0208. The number of esters is 1. The Bertz CT molecular complexity index is 870. The summed E-state index contributed by atoms with van der Waals surface area (Å²) >= 11 is 0. The van der Waals surface area contributed by atoms with Crippen molar-refractivity contribution in [1.82, 2.24) is 0 Å². The number of hydrogen-bond donors (Lipinski definition) is 0. The van der Waals surface area contributed by atoms with Crippen LogP contribution in [0.5, 0.6) is 0 Å². The highest BCUT2D eigenvalue weighted by molar-refractivity contribution is 5.66. The molecule has 0 amide bonds. The lowest BCUT2D eigenvalue weighted by atomic mass is 9.44. The zero-order chi connectivity index (χ0) is 24.3. The first-order valence-corrected chi connectivity index (χ1v) is 14.5. The Balaban J connectivity index is 1.28. The third kappa shape index (κ3) is 2.66. The molecule has 0 aromatic rings. The summed E-state index contributed by atoms with van der Waals surface area (Å²) in [6.07, 6.45) is 12.0. The van der Waals surface area contributed by atoms with Gasteiger partial charge in [-0.2, -0.15) is 0 Å². The number of epoxide rings is 1. The van der Waals surface area contributed by atoms with Crippen LogP contribution in [-0.2, 0) is 19.0 Å². The van der Waals surface area contributed by atoms with E-state index in [0.717, 1.165) is 55.8 Å². The monoisotopic (exact) mass is 472 g/mol. The van der Waals surface area contributed by atoms with E-state index in [0.29, 0.717) is 17.4 Å². The predicted molar refractivity (Wildman–Crippen MR) is 132 cm³/mol. The van der Waals surface area contributed by atoms with Crippen molar-refractivity contribution in [3.63, 3.8) is 0 Å². The third-order valence-corrected chi connectivity index (χ3v) is 12.8. The number of hydrogen-bond acceptors (Lipinski definition) is 4. The Morgan fingerprint density at radius 1 is 1.00 bits per heavy atom. The first kappa shape index (κ1) is 23.8. The van der Waals surface area contributed by atoms with Crippen molar-refractivity contribution in [3.8, 4) is 0 Å². The van der Waals surface area contributed by atoms with Gasteiger partial charge in [0.1, 0.15) is 17.3 Å². The molecule has 4 heteroatoms. The van der Waals surface area contributed by atoms with Gasteiger partial charge in [-0.05, 0) is 80.0 Å². The molecule has 3 aliphatic heterocycles. The zero-order valence-corrected chi connectivity index (χ0v) is 22.7. The summed E-state index contributed by atoms with van der Waals surface area (Å²) in [7, 11) is 0. The molecule has 0 aromatic carbocycles. The summed E-state index contributed by atoms with van der Waals surface area (Å²) in [5.74, 6) is 3.56. The third-order valence-electron chi connectivity index (χ3n) is 12.8. The van der Waals surface area contributed by atoms with Gasteiger partial charge in [0, 0.05) is 18.8 Å². The number of fused-ring (bicyclic) bond motifs is 1. The summed E-state index contributed by atoms with van der Waals surface area (Å²) in [6.45, 7) is 16.3. The smallest absolute Gasteiger partial charge is 0.302 e. The largest absolute Gasteiger partial charge is 0.462 e. The van der Waals surface area contributed by atoms with Crippen molar-refractivity contribution in [3.05, 3.63) is 0 Å². The fourth-order valence-electron chi connectivity index (χ4n) is 10.8. The average molecular weight is 473 g/mol. The van der Waals surface area contributed by atoms with Crippen LogP contribution in [-0.4, -0.2) is 35.0 Å². The molecule has 0 radical (unpaired) electrons. The molecule has 3 saturated heterocycles. The van der Waals surface area contributed by atoms with Gasteiger partial charge in [-0.15, -0.1) is 0 Å². The van der Waals surface area contributed by atoms with E-state index in [2.05, 4.69) is 41.5 Å². The Hall–Kier alpha value is -0.610. The minimum Gasteiger partial charge on any atom is -0.462 e. The van der Waals surface area contributed by atoms with Crippen LogP contribution in [0.4, 0.5) is 0 Å². The highest BCUT2D eigenvalue weighted by Crippen LogP contribution is 2.85. The maximum Gasteiger partial charge on any atom is 0.302 e. The molecule has 3 spiro atoms. The lowest BCUT2D eigenvalue weighted by Crippen LogP contribution is -2.65. The van der Waals surface area contributed by atoms with E-state index < -0.39 is 0 Å². The molecule has 2 bridgehead atoms. The predicted octanol–water partition coefficient (Wildman–Crippen LogP) is 6.69. The SMILES string of the molecule is CC(=O)O[C@H]1CC[C@@]2(C)[C@]3(CC[C@]4(O3)[C@H]3CC[C@@H]([C@H](C)CC[C@H](C)C(C)C)[C@@]3(C)C[C@@H]3O[C@]324)C1. The summed E-state index contributed by atoms with van der Waals surface area (Å²) in [6, 6.07) is 0. The van der Waals surface area contributed by atoms with Crippen molar-refractivity contribution in [2.75, 3.05) is 0 Å². The molecule has 0 aromatic heterocycles. The fourth-order valence-corrected chi connectivity index (χ4v) is 10.8. The molecule has 34 heavy (non-hydrogen) atoms. The maximum atomic E-state index is 11.7. The van der Waals surface area contributed by atoms with Crippen LogP contribution < -0.4 is 0 Å². The first-order chi connectivity index (χ1) is 15.9. The van der Waals surface area contributed by atoms with Crippen LogP contribution in [0, 0.1) is 40.4 Å². The van der Waals surface area contributed by atoms with Crippen LogP contribution in [0.3, 0.4) is 0 Å². The van der Waals surface area contributed by atoms with Gasteiger partial charge in [0.2, 0.25) is 0 Å². The van der Waals surface area contributed by atoms with Gasteiger partial charge in [-0.3, -0.25) is 4.79 Å². The standard InChI is InChI=1S/C30H48O4/c1-18(2)19(3)8-9-20(4)23-10-11-24-26(23,6)17-25-30(33-25)27(7)13-12-22(32-21(5)31)16-28(27)14-15-29(24,30)34-28/h18-20,22-25H,8-17H2,1-7H3/t19-,20+,22-,23-,24-,25-,26+,27-,28-,29-,30+/m0/s1. The molecule has 6 aliphatic rings. The van der Waals surface area contributed by atoms with Crippen molar-refractivity contribution in [2.24, 2.45) is 40.4 Å². The molecule has 3 saturated carbocycles. The van der Waals surface area contributed by atoms with Crippen molar-refractivity contribution < 1.29 is 19.0 Å². The topological polar surface area (TPSA) is 48.1 Å².